The predicted molar refractivity (Wildman–Crippen MR) is 68.7 cm³/mol. The Morgan fingerprint density at radius 2 is 2.28 bits per heavy atom. The molecule has 0 fully saturated rings. The molecule has 7 nitrogen and oxygen atoms in total. The first-order valence-electron chi connectivity index (χ1n) is 5.74. The molecule has 1 aromatic heterocycles. The highest BCUT2D eigenvalue weighted by Crippen LogP contribution is 2.18. The van der Waals surface area contributed by atoms with Crippen molar-refractivity contribution < 1.29 is 10.0 Å². The lowest BCUT2D eigenvalue weighted by Gasteiger charge is -2.08. The van der Waals surface area contributed by atoms with Gasteiger partial charge in [-0.15, -0.1) is 0 Å². The smallest absolute Gasteiger partial charge is 0.290 e. The van der Waals surface area contributed by atoms with Crippen LogP contribution in [0.3, 0.4) is 0 Å². The summed E-state index contributed by atoms with van der Waals surface area (Å²) in [6, 6.07) is 1.65. The lowest BCUT2D eigenvalue weighted by molar-refractivity contribution is -0.385. The van der Waals surface area contributed by atoms with Crippen molar-refractivity contribution in [1.82, 2.24) is 10.3 Å². The molecule has 0 aromatic carbocycles. The van der Waals surface area contributed by atoms with E-state index in [1.807, 2.05) is 0 Å². The molecule has 0 saturated carbocycles. The third-order valence-electron chi connectivity index (χ3n) is 2.33. The highest BCUT2D eigenvalue weighted by molar-refractivity contribution is 5.46. The van der Waals surface area contributed by atoms with Gasteiger partial charge in [-0.25, -0.2) is 4.98 Å². The molecule has 0 aliphatic rings. The fraction of sp³-hybridized carbons (Fsp3) is 0.545. The Kier molecular flexibility index (Phi) is 5.47. The first-order chi connectivity index (χ1) is 8.50. The van der Waals surface area contributed by atoms with E-state index in [4.69, 9.17) is 5.11 Å². The van der Waals surface area contributed by atoms with E-state index in [-0.39, 0.29) is 11.8 Å². The van der Waals surface area contributed by atoms with Crippen LogP contribution in [0.15, 0.2) is 12.3 Å². The van der Waals surface area contributed by atoms with Gasteiger partial charge in [0, 0.05) is 25.2 Å². The van der Waals surface area contributed by atoms with Crippen LogP contribution in [0, 0.1) is 17.0 Å². The number of aliphatic hydroxyl groups excluding tert-OH is 1. The first kappa shape index (κ1) is 14.3. The van der Waals surface area contributed by atoms with Crippen molar-refractivity contribution in [2.45, 2.75) is 20.0 Å². The largest absolute Gasteiger partial charge is 0.392 e. The van der Waals surface area contributed by atoms with E-state index in [1.54, 1.807) is 19.9 Å². The van der Waals surface area contributed by atoms with Gasteiger partial charge in [-0.1, -0.05) is 0 Å². The molecule has 0 bridgehead atoms. The number of nitrogens with one attached hydrogen (secondary N) is 2. The highest BCUT2D eigenvalue weighted by Gasteiger charge is 2.10. The third-order valence-corrected chi connectivity index (χ3v) is 2.33. The van der Waals surface area contributed by atoms with E-state index in [0.717, 1.165) is 0 Å². The van der Waals surface area contributed by atoms with Gasteiger partial charge in [-0.2, -0.15) is 0 Å². The molecule has 1 heterocycles. The van der Waals surface area contributed by atoms with E-state index >= 15 is 0 Å². The van der Waals surface area contributed by atoms with Crippen molar-refractivity contribution in [3.8, 4) is 0 Å². The summed E-state index contributed by atoms with van der Waals surface area (Å²) in [5, 5.41) is 25.7. The number of nitrogens with zero attached hydrogens (tertiary/aromatic N) is 2. The van der Waals surface area contributed by atoms with Crippen LogP contribution in [0.2, 0.25) is 0 Å². The maximum atomic E-state index is 10.6. The van der Waals surface area contributed by atoms with Crippen molar-refractivity contribution in [3.63, 3.8) is 0 Å². The summed E-state index contributed by atoms with van der Waals surface area (Å²) in [5.41, 5.74) is 0.599. The number of hydrogen-bond acceptors (Lipinski definition) is 6. The van der Waals surface area contributed by atoms with E-state index in [2.05, 4.69) is 15.6 Å². The first-order valence-corrected chi connectivity index (χ1v) is 5.74. The van der Waals surface area contributed by atoms with Crippen molar-refractivity contribution in [2.24, 2.45) is 0 Å². The van der Waals surface area contributed by atoms with Crippen LogP contribution in [0.25, 0.3) is 0 Å². The molecule has 0 aliphatic carbocycles. The van der Waals surface area contributed by atoms with E-state index in [0.29, 0.717) is 31.0 Å². The molecule has 3 N–H and O–H groups in total. The predicted octanol–water partition coefficient (Wildman–Crippen LogP) is 0.681. The van der Waals surface area contributed by atoms with Gasteiger partial charge < -0.3 is 15.7 Å². The second-order valence-electron chi connectivity index (χ2n) is 4.09. The number of aryl methyl sites for hydroxylation is 1. The fourth-order valence-electron chi connectivity index (χ4n) is 1.43. The van der Waals surface area contributed by atoms with Gasteiger partial charge >= 0.3 is 0 Å². The zero-order valence-electron chi connectivity index (χ0n) is 10.5. The molecule has 0 saturated heterocycles. The summed E-state index contributed by atoms with van der Waals surface area (Å²) in [6.45, 7) is 5.24. The number of hydrogen-bond donors (Lipinski definition) is 3. The number of rotatable bonds is 7. The monoisotopic (exact) mass is 254 g/mol. The number of pyridine rings is 1. The molecule has 1 rings (SSSR count). The van der Waals surface area contributed by atoms with Gasteiger partial charge in [0.15, 0.2) is 0 Å². The van der Waals surface area contributed by atoms with Crippen LogP contribution >= 0.6 is 0 Å². The number of aliphatic hydroxyl groups is 1. The summed E-state index contributed by atoms with van der Waals surface area (Å²) in [5.74, 6) is 0.608. The van der Waals surface area contributed by atoms with Crippen LogP contribution in [0.5, 0.6) is 0 Å². The van der Waals surface area contributed by atoms with E-state index in [9.17, 15) is 10.1 Å². The zero-order valence-corrected chi connectivity index (χ0v) is 10.5. The Morgan fingerprint density at radius 3 is 2.83 bits per heavy atom. The summed E-state index contributed by atoms with van der Waals surface area (Å²) in [7, 11) is 0. The lowest BCUT2D eigenvalue weighted by Crippen LogP contribution is -2.29. The van der Waals surface area contributed by atoms with Gasteiger partial charge in [0.2, 0.25) is 0 Å². The van der Waals surface area contributed by atoms with Gasteiger partial charge in [0.05, 0.1) is 11.0 Å². The van der Waals surface area contributed by atoms with Crippen LogP contribution in [-0.4, -0.2) is 40.8 Å². The molecular formula is C11H18N4O3. The third kappa shape index (κ3) is 4.64. The Labute approximate surface area is 105 Å². The average Bonchev–Trinajstić information content (AvgIpc) is 2.27. The Bertz CT molecular complexity index is 409. The number of anilines is 1. The summed E-state index contributed by atoms with van der Waals surface area (Å²) >= 11 is 0. The van der Waals surface area contributed by atoms with Gasteiger partial charge in [0.25, 0.3) is 5.69 Å². The molecular weight excluding hydrogens is 236 g/mol. The molecule has 1 aromatic rings. The van der Waals surface area contributed by atoms with Gasteiger partial charge in [-0.05, 0) is 19.9 Å². The second-order valence-corrected chi connectivity index (χ2v) is 4.09. The molecule has 0 radical (unpaired) electrons. The molecule has 100 valence electrons. The minimum absolute atomic E-state index is 0.0211. The van der Waals surface area contributed by atoms with Crippen molar-refractivity contribution >= 4 is 11.5 Å². The lowest BCUT2D eigenvalue weighted by atomic mass is 10.2. The standard InChI is InChI=1S/C11H18N4O3/c1-8-5-11(14-7-10(8)15(17)18)13-4-3-12-6-9(2)16/h5,7,9,12,16H,3-4,6H2,1-2H3,(H,13,14). The summed E-state index contributed by atoms with van der Waals surface area (Å²) in [4.78, 5) is 14.1. The maximum Gasteiger partial charge on any atom is 0.290 e. The Hall–Kier alpha value is -1.73. The van der Waals surface area contributed by atoms with Crippen LogP contribution in [-0.2, 0) is 0 Å². The van der Waals surface area contributed by atoms with Crippen LogP contribution in [0.1, 0.15) is 12.5 Å². The summed E-state index contributed by atoms with van der Waals surface area (Å²) < 4.78 is 0. The van der Waals surface area contributed by atoms with Crippen molar-refractivity contribution in [2.75, 3.05) is 25.0 Å². The highest BCUT2D eigenvalue weighted by atomic mass is 16.6. The molecule has 0 amide bonds. The number of aromatic nitrogens is 1. The summed E-state index contributed by atoms with van der Waals surface area (Å²) in [6.07, 6.45) is 0.880. The van der Waals surface area contributed by atoms with E-state index in [1.165, 1.54) is 6.20 Å². The second kappa shape index (κ2) is 6.87. The van der Waals surface area contributed by atoms with E-state index < -0.39 is 4.92 Å². The Morgan fingerprint density at radius 1 is 1.56 bits per heavy atom. The maximum absolute atomic E-state index is 10.6. The van der Waals surface area contributed by atoms with Crippen molar-refractivity contribution in [3.05, 3.63) is 27.9 Å². The SMILES string of the molecule is Cc1cc(NCCNCC(C)O)ncc1[N+](=O)[O-]. The molecule has 0 aliphatic heterocycles. The van der Waals surface area contributed by atoms with Crippen LogP contribution in [0.4, 0.5) is 11.5 Å². The quantitative estimate of drug-likeness (QED) is 0.376. The zero-order chi connectivity index (χ0) is 13.5. The molecule has 18 heavy (non-hydrogen) atoms. The van der Waals surface area contributed by atoms with Gasteiger partial charge in [0.1, 0.15) is 12.0 Å². The molecule has 0 spiro atoms. The fourth-order valence-corrected chi connectivity index (χ4v) is 1.43. The molecule has 1 atom stereocenters. The Balaban J connectivity index is 2.39. The minimum Gasteiger partial charge on any atom is -0.392 e. The molecule has 7 heteroatoms. The van der Waals surface area contributed by atoms with Crippen molar-refractivity contribution in [1.29, 1.82) is 0 Å². The van der Waals surface area contributed by atoms with Gasteiger partial charge in [-0.3, -0.25) is 10.1 Å². The molecule has 1 unspecified atom stereocenters. The average molecular weight is 254 g/mol. The normalized spacial score (nSPS) is 12.2. The van der Waals surface area contributed by atoms with Crippen LogP contribution < -0.4 is 10.6 Å². The number of nitro groups is 1. The topological polar surface area (TPSA) is 100 Å². The minimum atomic E-state index is -0.448.